The lowest BCUT2D eigenvalue weighted by atomic mass is 9.91. The number of carbonyl (C=O) groups is 1. The van der Waals surface area contributed by atoms with Crippen LogP contribution < -0.4 is 0 Å². The molecule has 0 aromatic heterocycles. The summed E-state index contributed by atoms with van der Waals surface area (Å²) in [5.41, 5.74) is 0. The Bertz CT molecular complexity index is 452. The fraction of sp³-hybridized carbons (Fsp3) is 0.533. The second-order valence-electron chi connectivity index (χ2n) is 5.17. The second-order valence-corrected chi connectivity index (χ2v) is 6.65. The van der Waals surface area contributed by atoms with E-state index in [0.717, 1.165) is 30.6 Å². The number of carbonyl (C=O) groups excluding carboxylic acids is 1. The smallest absolute Gasteiger partial charge is 0.233 e. The third-order valence-corrected chi connectivity index (χ3v) is 5.01. The highest BCUT2D eigenvalue weighted by Gasteiger charge is 2.29. The normalized spacial score (nSPS) is 22.6. The number of hydrogen-bond acceptors (Lipinski definition) is 3. The van der Waals surface area contributed by atoms with Gasteiger partial charge in [0.25, 0.3) is 0 Å². The maximum absolute atomic E-state index is 12.2. The van der Waals surface area contributed by atoms with Crippen molar-refractivity contribution in [3.8, 4) is 0 Å². The number of benzene rings is 1. The number of thioether (sulfide) groups is 1. The van der Waals surface area contributed by atoms with Gasteiger partial charge in [-0.25, -0.2) is 0 Å². The third kappa shape index (κ3) is 4.14. The van der Waals surface area contributed by atoms with Gasteiger partial charge in [-0.2, -0.15) is 0 Å². The second kappa shape index (κ2) is 7.34. The minimum Gasteiger partial charge on any atom is -0.391 e. The molecule has 1 aliphatic rings. The largest absolute Gasteiger partial charge is 0.391 e. The standard InChI is InChI=1S/C15H20ClNO2S/c1-17(13-4-2-3-5-14(13)18)15(19)10-20-12-8-6-11(16)7-9-12/h6-9,13-14,18H,2-5,10H2,1H3. The molecule has 2 unspecified atom stereocenters. The van der Waals surface area contributed by atoms with Gasteiger partial charge < -0.3 is 10.0 Å². The molecule has 0 radical (unpaired) electrons. The SMILES string of the molecule is CN(C(=O)CSc1ccc(Cl)cc1)C1CCCCC1O. The van der Waals surface area contributed by atoms with Gasteiger partial charge >= 0.3 is 0 Å². The Labute approximate surface area is 129 Å². The van der Waals surface area contributed by atoms with Crippen LogP contribution in [0.3, 0.4) is 0 Å². The van der Waals surface area contributed by atoms with Gasteiger partial charge in [0.05, 0.1) is 17.9 Å². The van der Waals surface area contributed by atoms with Crippen molar-refractivity contribution in [2.75, 3.05) is 12.8 Å². The van der Waals surface area contributed by atoms with E-state index in [2.05, 4.69) is 0 Å². The Morgan fingerprint density at radius 3 is 2.65 bits per heavy atom. The van der Waals surface area contributed by atoms with Crippen LogP contribution in [0.4, 0.5) is 0 Å². The van der Waals surface area contributed by atoms with Crippen molar-refractivity contribution in [2.24, 2.45) is 0 Å². The molecular weight excluding hydrogens is 294 g/mol. The summed E-state index contributed by atoms with van der Waals surface area (Å²) >= 11 is 7.33. The van der Waals surface area contributed by atoms with E-state index in [4.69, 9.17) is 11.6 Å². The Morgan fingerprint density at radius 1 is 1.35 bits per heavy atom. The molecule has 1 amide bonds. The molecule has 1 aliphatic carbocycles. The van der Waals surface area contributed by atoms with Gasteiger partial charge in [0, 0.05) is 17.0 Å². The molecule has 2 atom stereocenters. The summed E-state index contributed by atoms with van der Waals surface area (Å²) in [5, 5.41) is 10.7. The van der Waals surface area contributed by atoms with Gasteiger partial charge in [0.15, 0.2) is 0 Å². The van der Waals surface area contributed by atoms with Crippen LogP contribution in [0.5, 0.6) is 0 Å². The fourth-order valence-corrected chi connectivity index (χ4v) is 3.45. The molecule has 0 spiro atoms. The molecule has 0 aliphatic heterocycles. The molecule has 1 saturated carbocycles. The first kappa shape index (κ1) is 15.7. The minimum atomic E-state index is -0.377. The molecule has 5 heteroatoms. The van der Waals surface area contributed by atoms with Crippen LogP contribution in [0.2, 0.25) is 5.02 Å². The number of halogens is 1. The highest BCUT2D eigenvalue weighted by atomic mass is 35.5. The van der Waals surface area contributed by atoms with Crippen LogP contribution in [0.1, 0.15) is 25.7 Å². The zero-order chi connectivity index (χ0) is 14.5. The minimum absolute atomic E-state index is 0.0259. The Morgan fingerprint density at radius 2 is 2.00 bits per heavy atom. The highest BCUT2D eigenvalue weighted by molar-refractivity contribution is 8.00. The molecule has 0 saturated heterocycles. The molecule has 2 rings (SSSR count). The molecule has 20 heavy (non-hydrogen) atoms. The molecule has 0 heterocycles. The molecular formula is C15H20ClNO2S. The van der Waals surface area contributed by atoms with E-state index in [1.54, 1.807) is 11.9 Å². The molecule has 1 aromatic carbocycles. The topological polar surface area (TPSA) is 40.5 Å². The van der Waals surface area contributed by atoms with E-state index in [9.17, 15) is 9.90 Å². The summed E-state index contributed by atoms with van der Waals surface area (Å²) in [7, 11) is 1.80. The monoisotopic (exact) mass is 313 g/mol. The summed E-state index contributed by atoms with van der Waals surface area (Å²) in [6.45, 7) is 0. The molecule has 0 bridgehead atoms. The maximum Gasteiger partial charge on any atom is 0.233 e. The van der Waals surface area contributed by atoms with Crippen LogP contribution in [-0.4, -0.2) is 40.9 Å². The van der Waals surface area contributed by atoms with Crippen LogP contribution in [-0.2, 0) is 4.79 Å². The maximum atomic E-state index is 12.2. The van der Waals surface area contributed by atoms with Crippen LogP contribution in [0, 0.1) is 0 Å². The van der Waals surface area contributed by atoms with Gasteiger partial charge in [-0.05, 0) is 37.1 Å². The summed E-state index contributed by atoms with van der Waals surface area (Å²) in [6.07, 6.45) is 3.46. The van der Waals surface area contributed by atoms with Crippen LogP contribution in [0.15, 0.2) is 29.2 Å². The molecule has 1 N–H and O–H groups in total. The van der Waals surface area contributed by atoms with Crippen molar-refractivity contribution in [3.63, 3.8) is 0 Å². The fourth-order valence-electron chi connectivity index (χ4n) is 2.51. The Hall–Kier alpha value is -0.710. The number of amides is 1. The van der Waals surface area contributed by atoms with Crippen molar-refractivity contribution in [1.29, 1.82) is 0 Å². The van der Waals surface area contributed by atoms with Crippen LogP contribution >= 0.6 is 23.4 Å². The first-order chi connectivity index (χ1) is 9.58. The predicted molar refractivity (Wildman–Crippen MR) is 83.2 cm³/mol. The zero-order valence-corrected chi connectivity index (χ0v) is 13.2. The Balaban J connectivity index is 1.86. The predicted octanol–water partition coefficient (Wildman–Crippen LogP) is 3.19. The number of aliphatic hydroxyl groups excluding tert-OH is 1. The van der Waals surface area contributed by atoms with E-state index in [1.165, 1.54) is 11.8 Å². The van der Waals surface area contributed by atoms with Gasteiger partial charge in [-0.3, -0.25) is 4.79 Å². The highest BCUT2D eigenvalue weighted by Crippen LogP contribution is 2.24. The molecule has 1 aromatic rings. The quantitative estimate of drug-likeness (QED) is 0.868. The summed E-state index contributed by atoms with van der Waals surface area (Å²) in [4.78, 5) is 14.9. The zero-order valence-electron chi connectivity index (χ0n) is 11.6. The first-order valence-electron chi connectivity index (χ1n) is 6.90. The number of rotatable bonds is 4. The van der Waals surface area contributed by atoms with Crippen molar-refractivity contribution in [3.05, 3.63) is 29.3 Å². The molecule has 3 nitrogen and oxygen atoms in total. The van der Waals surface area contributed by atoms with Crippen molar-refractivity contribution < 1.29 is 9.90 Å². The van der Waals surface area contributed by atoms with E-state index in [1.807, 2.05) is 24.3 Å². The van der Waals surface area contributed by atoms with Crippen LogP contribution in [0.25, 0.3) is 0 Å². The number of nitrogens with zero attached hydrogens (tertiary/aromatic N) is 1. The van der Waals surface area contributed by atoms with Gasteiger partial charge in [0.1, 0.15) is 0 Å². The third-order valence-electron chi connectivity index (χ3n) is 3.76. The lowest BCUT2D eigenvalue weighted by molar-refractivity contribution is -0.132. The van der Waals surface area contributed by atoms with Crippen molar-refractivity contribution >= 4 is 29.3 Å². The van der Waals surface area contributed by atoms with E-state index in [-0.39, 0.29) is 18.1 Å². The van der Waals surface area contributed by atoms with Crippen molar-refractivity contribution in [1.82, 2.24) is 4.90 Å². The average molecular weight is 314 g/mol. The average Bonchev–Trinajstić information content (AvgIpc) is 2.46. The van der Waals surface area contributed by atoms with E-state index >= 15 is 0 Å². The molecule has 1 fully saturated rings. The Kier molecular flexibility index (Phi) is 5.75. The first-order valence-corrected chi connectivity index (χ1v) is 8.26. The molecule has 110 valence electrons. The van der Waals surface area contributed by atoms with Gasteiger partial charge in [0.2, 0.25) is 5.91 Å². The summed E-state index contributed by atoms with van der Waals surface area (Å²) in [6, 6.07) is 7.44. The number of aliphatic hydroxyl groups is 1. The van der Waals surface area contributed by atoms with Gasteiger partial charge in [-0.1, -0.05) is 24.4 Å². The number of likely N-dealkylation sites (N-methyl/N-ethyl adjacent to an activating group) is 1. The van der Waals surface area contributed by atoms with E-state index < -0.39 is 0 Å². The van der Waals surface area contributed by atoms with E-state index in [0.29, 0.717) is 10.8 Å². The number of hydrogen-bond donors (Lipinski definition) is 1. The summed E-state index contributed by atoms with van der Waals surface area (Å²) in [5.74, 6) is 0.456. The van der Waals surface area contributed by atoms with Crippen molar-refractivity contribution in [2.45, 2.75) is 42.7 Å². The summed E-state index contributed by atoms with van der Waals surface area (Å²) < 4.78 is 0. The lowest BCUT2D eigenvalue weighted by Crippen LogP contribution is -2.46. The lowest BCUT2D eigenvalue weighted by Gasteiger charge is -2.35. The van der Waals surface area contributed by atoms with Gasteiger partial charge in [-0.15, -0.1) is 11.8 Å².